The predicted molar refractivity (Wildman–Crippen MR) is 93.4 cm³/mol. The highest BCUT2D eigenvalue weighted by atomic mass is 16.6. The minimum absolute atomic E-state index is 0.189. The maximum atomic E-state index is 12.2. The van der Waals surface area contributed by atoms with Crippen LogP contribution in [-0.4, -0.2) is 36.2 Å². The molecule has 1 saturated heterocycles. The van der Waals surface area contributed by atoms with Gasteiger partial charge in [-0.05, 0) is 64.0 Å². The van der Waals surface area contributed by atoms with E-state index in [-0.39, 0.29) is 6.09 Å². The zero-order valence-electron chi connectivity index (χ0n) is 14.6. The van der Waals surface area contributed by atoms with Crippen molar-refractivity contribution in [2.24, 2.45) is 11.7 Å². The van der Waals surface area contributed by atoms with Crippen molar-refractivity contribution in [3.63, 3.8) is 0 Å². The van der Waals surface area contributed by atoms with Crippen LogP contribution >= 0.6 is 0 Å². The Kier molecular flexibility index (Phi) is 6.05. The van der Waals surface area contributed by atoms with Crippen LogP contribution in [0.15, 0.2) is 30.3 Å². The van der Waals surface area contributed by atoms with Gasteiger partial charge in [-0.25, -0.2) is 4.79 Å². The lowest BCUT2D eigenvalue weighted by molar-refractivity contribution is 0.0173. The average molecular weight is 318 g/mol. The van der Waals surface area contributed by atoms with E-state index in [2.05, 4.69) is 24.3 Å². The second-order valence-electron chi connectivity index (χ2n) is 7.40. The van der Waals surface area contributed by atoms with Gasteiger partial charge in [0.05, 0.1) is 0 Å². The molecular formula is C19H30N2O2. The molecule has 2 rings (SSSR count). The summed E-state index contributed by atoms with van der Waals surface area (Å²) in [6.07, 6.45) is 2.84. The molecule has 1 amide bonds. The van der Waals surface area contributed by atoms with Crippen LogP contribution < -0.4 is 5.73 Å². The summed E-state index contributed by atoms with van der Waals surface area (Å²) in [7, 11) is 0. The summed E-state index contributed by atoms with van der Waals surface area (Å²) >= 11 is 0. The molecule has 4 heteroatoms. The number of hydrogen-bond donors (Lipinski definition) is 1. The first-order valence-corrected chi connectivity index (χ1v) is 8.63. The quantitative estimate of drug-likeness (QED) is 0.919. The number of hydrogen-bond acceptors (Lipinski definition) is 3. The molecule has 0 aliphatic carbocycles. The lowest BCUT2D eigenvalue weighted by Crippen LogP contribution is -2.42. The highest BCUT2D eigenvalue weighted by Crippen LogP contribution is 2.35. The number of ether oxygens (including phenoxy) is 1. The van der Waals surface area contributed by atoms with Crippen molar-refractivity contribution in [2.75, 3.05) is 19.6 Å². The van der Waals surface area contributed by atoms with Gasteiger partial charge in [0.15, 0.2) is 0 Å². The third-order valence-corrected chi connectivity index (χ3v) is 4.47. The van der Waals surface area contributed by atoms with Crippen LogP contribution in [0.25, 0.3) is 0 Å². The van der Waals surface area contributed by atoms with Gasteiger partial charge in [0.1, 0.15) is 5.60 Å². The van der Waals surface area contributed by atoms with E-state index in [1.165, 1.54) is 5.56 Å². The van der Waals surface area contributed by atoms with Gasteiger partial charge in [-0.1, -0.05) is 30.3 Å². The molecular weight excluding hydrogens is 288 g/mol. The standard InChI is InChI=1S/C19H30N2O2/c1-19(2,3)23-18(22)21-13-10-16(11-14-21)17(9-12-20)15-7-5-4-6-8-15/h4-8,16-17H,9-14,20H2,1-3H3. The number of nitrogens with zero attached hydrogens (tertiary/aromatic N) is 1. The summed E-state index contributed by atoms with van der Waals surface area (Å²) in [4.78, 5) is 14.0. The van der Waals surface area contributed by atoms with Crippen LogP contribution in [0.4, 0.5) is 4.79 Å². The highest BCUT2D eigenvalue weighted by Gasteiger charge is 2.30. The normalized spacial score (nSPS) is 17.8. The number of benzene rings is 1. The van der Waals surface area contributed by atoms with E-state index in [0.717, 1.165) is 32.4 Å². The maximum Gasteiger partial charge on any atom is 0.410 e. The maximum absolute atomic E-state index is 12.2. The van der Waals surface area contributed by atoms with Gasteiger partial charge in [0.2, 0.25) is 0 Å². The SMILES string of the molecule is CC(C)(C)OC(=O)N1CCC(C(CCN)c2ccccc2)CC1. The zero-order chi connectivity index (χ0) is 16.9. The molecule has 0 spiro atoms. The Morgan fingerprint density at radius 1 is 1.26 bits per heavy atom. The molecule has 2 N–H and O–H groups in total. The van der Waals surface area contributed by atoms with Crippen LogP contribution in [0, 0.1) is 5.92 Å². The number of carbonyl (C=O) groups is 1. The minimum atomic E-state index is -0.431. The van der Waals surface area contributed by atoms with Gasteiger partial charge in [0.25, 0.3) is 0 Å². The van der Waals surface area contributed by atoms with E-state index in [4.69, 9.17) is 10.5 Å². The molecule has 1 aromatic carbocycles. The highest BCUT2D eigenvalue weighted by molar-refractivity contribution is 5.68. The number of nitrogens with two attached hydrogens (primary N) is 1. The van der Waals surface area contributed by atoms with Crippen molar-refractivity contribution >= 4 is 6.09 Å². The van der Waals surface area contributed by atoms with Gasteiger partial charge in [0, 0.05) is 13.1 Å². The molecule has 1 aromatic rings. The molecule has 1 fully saturated rings. The van der Waals surface area contributed by atoms with Crippen molar-refractivity contribution in [3.8, 4) is 0 Å². The van der Waals surface area contributed by atoms with Crippen molar-refractivity contribution in [1.29, 1.82) is 0 Å². The Labute approximate surface area is 140 Å². The Morgan fingerprint density at radius 3 is 2.39 bits per heavy atom. The fraction of sp³-hybridized carbons (Fsp3) is 0.632. The molecule has 0 radical (unpaired) electrons. The van der Waals surface area contributed by atoms with Gasteiger partial charge in [-0.2, -0.15) is 0 Å². The molecule has 128 valence electrons. The molecule has 4 nitrogen and oxygen atoms in total. The first kappa shape index (κ1) is 17.8. The molecule has 1 unspecified atom stereocenters. The largest absolute Gasteiger partial charge is 0.444 e. The summed E-state index contributed by atoms with van der Waals surface area (Å²) in [5, 5.41) is 0. The van der Waals surface area contributed by atoms with Crippen LogP contribution in [0.5, 0.6) is 0 Å². The third-order valence-electron chi connectivity index (χ3n) is 4.47. The zero-order valence-corrected chi connectivity index (χ0v) is 14.6. The second-order valence-corrected chi connectivity index (χ2v) is 7.40. The lowest BCUT2D eigenvalue weighted by atomic mass is 9.78. The summed E-state index contributed by atoms with van der Waals surface area (Å²) in [5.41, 5.74) is 6.77. The number of likely N-dealkylation sites (tertiary alicyclic amines) is 1. The van der Waals surface area contributed by atoms with Crippen LogP contribution in [0.3, 0.4) is 0 Å². The summed E-state index contributed by atoms with van der Waals surface area (Å²) in [5.74, 6) is 1.07. The first-order chi connectivity index (χ1) is 10.9. The van der Waals surface area contributed by atoms with Crippen LogP contribution in [-0.2, 0) is 4.74 Å². The first-order valence-electron chi connectivity index (χ1n) is 8.63. The Hall–Kier alpha value is -1.55. The lowest BCUT2D eigenvalue weighted by Gasteiger charge is -2.37. The molecule has 1 aliphatic heterocycles. The number of rotatable bonds is 4. The summed E-state index contributed by atoms with van der Waals surface area (Å²) in [6, 6.07) is 10.6. The second kappa shape index (κ2) is 7.82. The predicted octanol–water partition coefficient (Wildman–Crippen LogP) is 3.77. The van der Waals surface area contributed by atoms with Gasteiger partial charge >= 0.3 is 6.09 Å². The Morgan fingerprint density at radius 2 is 1.87 bits per heavy atom. The summed E-state index contributed by atoms with van der Waals surface area (Å²) < 4.78 is 5.47. The number of piperidine rings is 1. The third kappa shape index (κ3) is 5.24. The van der Waals surface area contributed by atoms with E-state index in [1.807, 2.05) is 31.7 Å². The van der Waals surface area contributed by atoms with E-state index in [1.54, 1.807) is 0 Å². The van der Waals surface area contributed by atoms with Crippen molar-refractivity contribution < 1.29 is 9.53 Å². The molecule has 1 atom stereocenters. The van der Waals surface area contributed by atoms with Gasteiger partial charge in [-0.15, -0.1) is 0 Å². The van der Waals surface area contributed by atoms with Crippen molar-refractivity contribution in [3.05, 3.63) is 35.9 Å². The van der Waals surface area contributed by atoms with E-state index in [9.17, 15) is 4.79 Å². The summed E-state index contributed by atoms with van der Waals surface area (Å²) in [6.45, 7) is 7.96. The molecule has 0 aromatic heterocycles. The monoisotopic (exact) mass is 318 g/mol. The smallest absolute Gasteiger partial charge is 0.410 e. The average Bonchev–Trinajstić information content (AvgIpc) is 2.52. The Balaban J connectivity index is 1.95. The fourth-order valence-corrected chi connectivity index (χ4v) is 3.37. The molecule has 1 aliphatic rings. The van der Waals surface area contributed by atoms with Gasteiger partial charge in [-0.3, -0.25) is 0 Å². The molecule has 0 bridgehead atoms. The molecule has 0 saturated carbocycles. The van der Waals surface area contributed by atoms with E-state index < -0.39 is 5.60 Å². The Bertz CT molecular complexity index is 488. The van der Waals surface area contributed by atoms with Crippen LogP contribution in [0.2, 0.25) is 0 Å². The molecule has 1 heterocycles. The van der Waals surface area contributed by atoms with E-state index >= 15 is 0 Å². The fourth-order valence-electron chi connectivity index (χ4n) is 3.37. The molecule has 23 heavy (non-hydrogen) atoms. The topological polar surface area (TPSA) is 55.6 Å². The van der Waals surface area contributed by atoms with Gasteiger partial charge < -0.3 is 15.4 Å². The van der Waals surface area contributed by atoms with Crippen molar-refractivity contribution in [2.45, 2.75) is 51.6 Å². The minimum Gasteiger partial charge on any atom is -0.444 e. The van der Waals surface area contributed by atoms with Crippen molar-refractivity contribution in [1.82, 2.24) is 4.90 Å². The number of carbonyl (C=O) groups excluding carboxylic acids is 1. The van der Waals surface area contributed by atoms with Crippen LogP contribution in [0.1, 0.15) is 51.5 Å². The van der Waals surface area contributed by atoms with E-state index in [0.29, 0.717) is 18.4 Å². The number of amides is 1.